The normalized spacial score (nSPS) is 22.7. The van der Waals surface area contributed by atoms with Crippen LogP contribution in [0.25, 0.3) is 0 Å². The zero-order valence-electron chi connectivity index (χ0n) is 21.9. The second-order valence-electron chi connectivity index (χ2n) is 8.12. The largest absolute Gasteiger partial charge is 0.355 e. The van der Waals surface area contributed by atoms with Crippen molar-refractivity contribution in [3.05, 3.63) is 0 Å². The summed E-state index contributed by atoms with van der Waals surface area (Å²) in [6.45, 7) is 1.59. The second-order valence-corrected chi connectivity index (χ2v) is 8.12. The molecule has 174 valence electrons. The van der Waals surface area contributed by atoms with Crippen molar-refractivity contribution >= 4 is 29.6 Å². The van der Waals surface area contributed by atoms with Gasteiger partial charge < -0.3 is 20.4 Å². The molecular weight excluding hydrogens is 406 g/mol. The highest BCUT2D eigenvalue weighted by Crippen LogP contribution is 2.27. The number of carbonyl (C=O) groups is 5. The van der Waals surface area contributed by atoms with Crippen molar-refractivity contribution in [2.24, 2.45) is 5.41 Å². The quantitative estimate of drug-likeness (QED) is 0.429. The van der Waals surface area contributed by atoms with Crippen molar-refractivity contribution in [2.45, 2.75) is 45.6 Å². The zero-order valence-corrected chi connectivity index (χ0v) is 17.9. The SMILES string of the molecule is [2H]C([2H])N1CCN(C([2H])[2H])C(C(C)(C)C(=O)NCCC(=O)NCCC(=O)ON2C(=O)CCC2=O)C1. The van der Waals surface area contributed by atoms with Gasteiger partial charge in [0.05, 0.1) is 11.8 Å². The fourth-order valence-corrected chi connectivity index (χ4v) is 3.33. The molecule has 0 saturated carbocycles. The number of carbonyl (C=O) groups excluding carboxylic acids is 5. The zero-order chi connectivity index (χ0) is 26.3. The Morgan fingerprint density at radius 3 is 2.39 bits per heavy atom. The average molecular weight is 444 g/mol. The Morgan fingerprint density at radius 1 is 1.06 bits per heavy atom. The molecule has 11 heteroatoms. The van der Waals surface area contributed by atoms with Gasteiger partial charge in [0.25, 0.3) is 11.8 Å². The molecule has 0 spiro atoms. The number of amides is 4. The van der Waals surface area contributed by atoms with Crippen LogP contribution >= 0.6 is 0 Å². The van der Waals surface area contributed by atoms with Crippen molar-refractivity contribution in [3.63, 3.8) is 0 Å². The van der Waals surface area contributed by atoms with Crippen molar-refractivity contribution in [3.8, 4) is 0 Å². The third-order valence-corrected chi connectivity index (χ3v) is 5.36. The molecule has 0 aromatic rings. The number of nitrogens with zero attached hydrogens (tertiary/aromatic N) is 3. The molecule has 0 radical (unpaired) electrons. The van der Waals surface area contributed by atoms with Gasteiger partial charge in [-0.2, -0.15) is 0 Å². The van der Waals surface area contributed by atoms with Gasteiger partial charge in [-0.3, -0.25) is 24.1 Å². The third kappa shape index (κ3) is 6.73. The Labute approximate surface area is 188 Å². The smallest absolute Gasteiger partial charge is 0.334 e. The Kier molecular flexibility index (Phi) is 6.60. The van der Waals surface area contributed by atoms with Gasteiger partial charge in [-0.25, -0.2) is 4.79 Å². The first-order valence-corrected chi connectivity index (χ1v) is 10.1. The maximum absolute atomic E-state index is 12.9. The lowest BCUT2D eigenvalue weighted by Crippen LogP contribution is -2.60. The van der Waals surface area contributed by atoms with E-state index < -0.39 is 55.1 Å². The predicted molar refractivity (Wildman–Crippen MR) is 110 cm³/mol. The van der Waals surface area contributed by atoms with Crippen LogP contribution in [0.15, 0.2) is 0 Å². The van der Waals surface area contributed by atoms with Gasteiger partial charge in [0.15, 0.2) is 0 Å². The fourth-order valence-electron chi connectivity index (χ4n) is 3.33. The van der Waals surface area contributed by atoms with Crippen molar-refractivity contribution in [2.75, 3.05) is 46.7 Å². The summed E-state index contributed by atoms with van der Waals surface area (Å²) in [5, 5.41) is 5.61. The highest BCUT2D eigenvalue weighted by Gasteiger charge is 2.41. The molecule has 0 aromatic heterocycles. The van der Waals surface area contributed by atoms with Gasteiger partial charge in [-0.1, -0.05) is 0 Å². The van der Waals surface area contributed by atoms with Crippen LogP contribution < -0.4 is 10.6 Å². The number of hydrogen-bond donors (Lipinski definition) is 2. The minimum atomic E-state index is -1.30. The van der Waals surface area contributed by atoms with Crippen molar-refractivity contribution in [1.82, 2.24) is 25.5 Å². The summed E-state index contributed by atoms with van der Waals surface area (Å²) in [5.41, 5.74) is -1.06. The van der Waals surface area contributed by atoms with Crippen LogP contribution in [-0.2, 0) is 28.8 Å². The molecule has 0 bridgehead atoms. The summed E-state index contributed by atoms with van der Waals surface area (Å²) < 4.78 is 30.9. The van der Waals surface area contributed by atoms with Crippen molar-refractivity contribution < 1.29 is 34.3 Å². The molecule has 2 heterocycles. The summed E-state index contributed by atoms with van der Waals surface area (Å²) in [4.78, 5) is 67.3. The van der Waals surface area contributed by atoms with E-state index in [-0.39, 0.29) is 51.9 Å². The van der Waals surface area contributed by atoms with Crippen LogP contribution in [0, 0.1) is 5.41 Å². The van der Waals surface area contributed by atoms with E-state index in [4.69, 9.17) is 10.3 Å². The van der Waals surface area contributed by atoms with Gasteiger partial charge in [0, 0.05) is 63.5 Å². The third-order valence-electron chi connectivity index (χ3n) is 5.36. The van der Waals surface area contributed by atoms with E-state index in [1.54, 1.807) is 23.6 Å². The van der Waals surface area contributed by atoms with Crippen LogP contribution in [0.3, 0.4) is 0 Å². The molecular formula is C20H33N5O6. The first-order valence-electron chi connectivity index (χ1n) is 12.5. The van der Waals surface area contributed by atoms with Gasteiger partial charge >= 0.3 is 5.97 Å². The summed E-state index contributed by atoms with van der Waals surface area (Å²) in [6, 6.07) is -0.566. The van der Waals surface area contributed by atoms with Crippen LogP contribution in [-0.4, -0.2) is 97.2 Å². The average Bonchev–Trinajstić information content (AvgIpc) is 3.10. The maximum atomic E-state index is 12.9. The van der Waals surface area contributed by atoms with E-state index in [1.807, 2.05) is 0 Å². The molecule has 2 fully saturated rings. The number of piperazine rings is 1. The molecule has 0 aliphatic carbocycles. The molecule has 1 atom stereocenters. The van der Waals surface area contributed by atoms with Gasteiger partial charge in [-0.05, 0) is 27.8 Å². The Morgan fingerprint density at radius 2 is 1.74 bits per heavy atom. The van der Waals surface area contributed by atoms with E-state index >= 15 is 0 Å². The monoisotopic (exact) mass is 443 g/mol. The van der Waals surface area contributed by atoms with Gasteiger partial charge in [0.1, 0.15) is 0 Å². The van der Waals surface area contributed by atoms with Gasteiger partial charge in [0.2, 0.25) is 11.8 Å². The molecule has 11 nitrogen and oxygen atoms in total. The molecule has 31 heavy (non-hydrogen) atoms. The highest BCUT2D eigenvalue weighted by atomic mass is 16.7. The van der Waals surface area contributed by atoms with Crippen LogP contribution in [0.5, 0.6) is 0 Å². The van der Waals surface area contributed by atoms with E-state index in [1.165, 1.54) is 0 Å². The number of imide groups is 1. The van der Waals surface area contributed by atoms with E-state index in [2.05, 4.69) is 10.6 Å². The molecule has 2 aliphatic rings. The second kappa shape index (κ2) is 10.7. The van der Waals surface area contributed by atoms with Crippen LogP contribution in [0.4, 0.5) is 0 Å². The number of hydroxylamine groups is 2. The molecule has 2 N–H and O–H groups in total. The molecule has 2 aliphatic heterocycles. The highest BCUT2D eigenvalue weighted by molar-refractivity contribution is 6.01. The van der Waals surface area contributed by atoms with Gasteiger partial charge in [-0.15, -0.1) is 5.06 Å². The molecule has 4 amide bonds. The van der Waals surface area contributed by atoms with E-state index in [0.29, 0.717) is 11.6 Å². The number of hydrogen-bond acceptors (Lipinski definition) is 8. The van der Waals surface area contributed by atoms with Crippen LogP contribution in [0.1, 0.15) is 45.0 Å². The molecule has 2 rings (SSSR count). The summed E-state index contributed by atoms with van der Waals surface area (Å²) in [6.07, 6.45) is -0.333. The lowest BCUT2D eigenvalue weighted by atomic mass is 9.81. The first kappa shape index (κ1) is 19.2. The predicted octanol–water partition coefficient (Wildman–Crippen LogP) is -1.12. The van der Waals surface area contributed by atoms with E-state index in [9.17, 15) is 24.0 Å². The number of nitrogens with one attached hydrogen (secondary N) is 2. The minimum absolute atomic E-state index is 0.00974. The number of likely N-dealkylation sites (N-methyl/N-ethyl adjacent to an activating group) is 2. The van der Waals surface area contributed by atoms with E-state index in [0.717, 1.165) is 0 Å². The first-order chi connectivity index (χ1) is 16.3. The Balaban J connectivity index is 1.76. The Bertz CT molecular complexity index is 812. The fraction of sp³-hybridized carbons (Fsp3) is 0.750. The lowest BCUT2D eigenvalue weighted by Gasteiger charge is -2.45. The Hall–Kier alpha value is -2.53. The molecule has 1 unspecified atom stereocenters. The molecule has 2 saturated heterocycles. The summed E-state index contributed by atoms with van der Waals surface area (Å²) >= 11 is 0. The summed E-state index contributed by atoms with van der Waals surface area (Å²) in [5.74, 6) is -2.83. The summed E-state index contributed by atoms with van der Waals surface area (Å²) in [7, 11) is 0. The number of rotatable bonds is 9. The minimum Gasteiger partial charge on any atom is -0.355 e. The topological polar surface area (TPSA) is 128 Å². The standard InChI is InChI=1S/C20H33N5O6/c1-20(2,14-13-23(3)11-12-24(14)4)19(30)22-9-7-15(26)21-10-8-18(29)31-25-16(27)5-6-17(25)28/h14H,5-13H2,1-4H3,(H,21,26)(H,22,30)/i3D2,4D2. The molecule has 0 aromatic carbocycles. The lowest BCUT2D eigenvalue weighted by molar-refractivity contribution is -0.197. The van der Waals surface area contributed by atoms with Crippen molar-refractivity contribution in [1.29, 1.82) is 0 Å². The maximum Gasteiger partial charge on any atom is 0.334 e. The van der Waals surface area contributed by atoms with Crippen LogP contribution in [0.2, 0.25) is 0 Å².